The summed E-state index contributed by atoms with van der Waals surface area (Å²) in [5.41, 5.74) is 1.08. The lowest BCUT2D eigenvalue weighted by Crippen LogP contribution is -2.37. The molecule has 0 atom stereocenters. The van der Waals surface area contributed by atoms with Gasteiger partial charge in [0.15, 0.2) is 11.8 Å². The summed E-state index contributed by atoms with van der Waals surface area (Å²) in [6.45, 7) is 8.14. The molecule has 10 heteroatoms. The summed E-state index contributed by atoms with van der Waals surface area (Å²) in [5.74, 6) is 3.68. The topological polar surface area (TPSA) is 80.0 Å². The standard InChI is InChI=1S/C16H27N7S2.HI/c1-11-14(25-13(3)20-11)9-18-16(17-7-6-8-24-5)19-10-15-22-21-12(2)23(15)4;/h6-10H2,1-5H3,(H2,17,18,19);1H. The highest BCUT2D eigenvalue weighted by Gasteiger charge is 2.08. The molecule has 2 N–H and O–H groups in total. The van der Waals surface area contributed by atoms with Gasteiger partial charge in [-0.15, -0.1) is 45.5 Å². The molecule has 2 aromatic heterocycles. The summed E-state index contributed by atoms with van der Waals surface area (Å²) < 4.78 is 1.96. The van der Waals surface area contributed by atoms with Crippen LogP contribution in [0, 0.1) is 20.8 Å². The van der Waals surface area contributed by atoms with Crippen LogP contribution >= 0.6 is 47.1 Å². The van der Waals surface area contributed by atoms with Gasteiger partial charge in [0.25, 0.3) is 0 Å². The van der Waals surface area contributed by atoms with Crippen molar-refractivity contribution in [3.05, 3.63) is 27.2 Å². The second-order valence-electron chi connectivity index (χ2n) is 5.76. The van der Waals surface area contributed by atoms with Crippen LogP contribution in [-0.4, -0.2) is 44.3 Å². The fourth-order valence-electron chi connectivity index (χ4n) is 2.24. The number of aromatic nitrogens is 4. The molecule has 2 rings (SSSR count). The Morgan fingerprint density at radius 1 is 1.23 bits per heavy atom. The molecule has 0 aliphatic heterocycles. The molecule has 7 nitrogen and oxygen atoms in total. The van der Waals surface area contributed by atoms with Gasteiger partial charge < -0.3 is 15.2 Å². The highest BCUT2D eigenvalue weighted by atomic mass is 127. The van der Waals surface area contributed by atoms with Crippen LogP contribution in [0.25, 0.3) is 0 Å². The van der Waals surface area contributed by atoms with Crippen molar-refractivity contribution in [2.75, 3.05) is 18.6 Å². The molecule has 2 aromatic rings. The molecule has 146 valence electrons. The Morgan fingerprint density at radius 3 is 2.58 bits per heavy atom. The van der Waals surface area contributed by atoms with Gasteiger partial charge in [0.05, 0.1) is 17.2 Å². The van der Waals surface area contributed by atoms with Gasteiger partial charge in [0.2, 0.25) is 0 Å². The summed E-state index contributed by atoms with van der Waals surface area (Å²) in [6, 6.07) is 0. The Labute approximate surface area is 180 Å². The van der Waals surface area contributed by atoms with E-state index in [1.165, 1.54) is 4.88 Å². The average Bonchev–Trinajstić information content (AvgIpc) is 3.08. The van der Waals surface area contributed by atoms with E-state index in [9.17, 15) is 0 Å². The maximum absolute atomic E-state index is 4.67. The van der Waals surface area contributed by atoms with Crippen molar-refractivity contribution in [2.24, 2.45) is 12.0 Å². The van der Waals surface area contributed by atoms with Crippen LogP contribution in [0.5, 0.6) is 0 Å². The van der Waals surface area contributed by atoms with Gasteiger partial charge in [-0.05, 0) is 39.2 Å². The minimum atomic E-state index is 0. The molecule has 0 saturated carbocycles. The molecule has 0 aliphatic rings. The van der Waals surface area contributed by atoms with Crippen LogP contribution in [0.4, 0.5) is 0 Å². The van der Waals surface area contributed by atoms with Gasteiger partial charge in [-0.1, -0.05) is 0 Å². The van der Waals surface area contributed by atoms with Crippen LogP contribution in [0.15, 0.2) is 4.99 Å². The number of nitrogens with one attached hydrogen (secondary N) is 2. The number of aryl methyl sites for hydroxylation is 3. The first-order chi connectivity index (χ1) is 12.0. The molecule has 26 heavy (non-hydrogen) atoms. The molecule has 0 spiro atoms. The van der Waals surface area contributed by atoms with Gasteiger partial charge in [-0.25, -0.2) is 9.98 Å². The molecule has 2 heterocycles. The highest BCUT2D eigenvalue weighted by molar-refractivity contribution is 14.0. The molecule has 0 aliphatic carbocycles. The molecule has 0 aromatic carbocycles. The second kappa shape index (κ2) is 11.8. The van der Waals surface area contributed by atoms with Gasteiger partial charge in [-0.2, -0.15) is 11.8 Å². The van der Waals surface area contributed by atoms with Crippen molar-refractivity contribution >= 4 is 53.0 Å². The molecule has 0 saturated heterocycles. The Hall–Kier alpha value is -0.880. The molecule has 0 fully saturated rings. The van der Waals surface area contributed by atoms with Crippen molar-refractivity contribution in [3.8, 4) is 0 Å². The third-order valence-corrected chi connectivity index (χ3v) is 5.56. The largest absolute Gasteiger partial charge is 0.356 e. The van der Waals surface area contributed by atoms with E-state index in [-0.39, 0.29) is 24.0 Å². The number of guanidine groups is 1. The Bertz CT molecular complexity index is 712. The average molecular weight is 509 g/mol. The van der Waals surface area contributed by atoms with E-state index in [0.717, 1.165) is 53.6 Å². The molecular weight excluding hydrogens is 481 g/mol. The van der Waals surface area contributed by atoms with Gasteiger partial charge in [0, 0.05) is 18.5 Å². The van der Waals surface area contributed by atoms with Crippen molar-refractivity contribution in [2.45, 2.75) is 40.3 Å². The maximum atomic E-state index is 4.67. The first-order valence-electron chi connectivity index (χ1n) is 8.30. The Balaban J connectivity index is 0.00000338. The molecule has 0 unspecified atom stereocenters. The number of hydrogen-bond acceptors (Lipinski definition) is 6. The molecular formula is C16H28IN7S2. The summed E-state index contributed by atoms with van der Waals surface area (Å²) in [7, 11) is 1.96. The zero-order chi connectivity index (χ0) is 18.2. The monoisotopic (exact) mass is 509 g/mol. The van der Waals surface area contributed by atoms with E-state index in [0.29, 0.717) is 6.54 Å². The second-order valence-corrected chi connectivity index (χ2v) is 8.03. The molecule has 0 radical (unpaired) electrons. The predicted molar refractivity (Wildman–Crippen MR) is 122 cm³/mol. The van der Waals surface area contributed by atoms with Crippen LogP contribution in [0.3, 0.4) is 0 Å². The quantitative estimate of drug-likeness (QED) is 0.247. The third kappa shape index (κ3) is 7.03. The van der Waals surface area contributed by atoms with Crippen molar-refractivity contribution in [1.82, 2.24) is 30.4 Å². The first-order valence-corrected chi connectivity index (χ1v) is 10.5. The lowest BCUT2D eigenvalue weighted by Gasteiger charge is -2.12. The first kappa shape index (κ1) is 23.2. The molecule has 0 bridgehead atoms. The van der Waals surface area contributed by atoms with E-state index < -0.39 is 0 Å². The number of aliphatic imine (C=N–C) groups is 1. The number of rotatable bonds is 8. The van der Waals surface area contributed by atoms with Crippen LogP contribution < -0.4 is 10.6 Å². The number of thioether (sulfide) groups is 1. The third-order valence-electron chi connectivity index (χ3n) is 3.79. The van der Waals surface area contributed by atoms with Crippen molar-refractivity contribution in [3.63, 3.8) is 0 Å². The van der Waals surface area contributed by atoms with Gasteiger partial charge in [-0.3, -0.25) is 0 Å². The number of hydrogen-bond donors (Lipinski definition) is 2. The van der Waals surface area contributed by atoms with E-state index in [2.05, 4.69) is 37.1 Å². The number of halogens is 1. The summed E-state index contributed by atoms with van der Waals surface area (Å²) in [6.07, 6.45) is 3.22. The highest BCUT2D eigenvalue weighted by Crippen LogP contribution is 2.16. The van der Waals surface area contributed by atoms with Crippen LogP contribution in [-0.2, 0) is 20.1 Å². The maximum Gasteiger partial charge on any atom is 0.192 e. The Kier molecular flexibility index (Phi) is 10.5. The van der Waals surface area contributed by atoms with Crippen LogP contribution in [0.2, 0.25) is 0 Å². The van der Waals surface area contributed by atoms with Gasteiger partial charge in [0.1, 0.15) is 12.4 Å². The lowest BCUT2D eigenvalue weighted by molar-refractivity contribution is 0.746. The van der Waals surface area contributed by atoms with E-state index in [1.807, 2.05) is 44.1 Å². The summed E-state index contributed by atoms with van der Waals surface area (Å²) in [4.78, 5) is 10.4. The lowest BCUT2D eigenvalue weighted by atomic mass is 10.4. The fraction of sp³-hybridized carbons (Fsp3) is 0.625. The van der Waals surface area contributed by atoms with Gasteiger partial charge >= 0.3 is 0 Å². The van der Waals surface area contributed by atoms with Crippen LogP contribution in [0.1, 0.15) is 33.6 Å². The number of thiazole rings is 1. The van der Waals surface area contributed by atoms with Crippen molar-refractivity contribution in [1.29, 1.82) is 0 Å². The summed E-state index contributed by atoms with van der Waals surface area (Å²) in [5, 5.41) is 16.2. The smallest absolute Gasteiger partial charge is 0.192 e. The normalized spacial score (nSPS) is 11.3. The zero-order valence-electron chi connectivity index (χ0n) is 16.0. The predicted octanol–water partition coefficient (Wildman–Crippen LogP) is 2.80. The fourth-order valence-corrected chi connectivity index (χ4v) is 3.55. The minimum Gasteiger partial charge on any atom is -0.356 e. The van der Waals surface area contributed by atoms with E-state index >= 15 is 0 Å². The SMILES string of the molecule is CSCCCNC(=NCc1nnc(C)n1C)NCc1sc(C)nc1C.I. The van der Waals surface area contributed by atoms with E-state index in [4.69, 9.17) is 0 Å². The minimum absolute atomic E-state index is 0. The van der Waals surface area contributed by atoms with Crippen molar-refractivity contribution < 1.29 is 0 Å². The summed E-state index contributed by atoms with van der Waals surface area (Å²) >= 11 is 3.58. The number of nitrogens with zero attached hydrogens (tertiary/aromatic N) is 5. The van der Waals surface area contributed by atoms with E-state index in [1.54, 1.807) is 11.3 Å². The zero-order valence-corrected chi connectivity index (χ0v) is 20.0. The molecule has 0 amide bonds. The Morgan fingerprint density at radius 2 is 2.00 bits per heavy atom.